The molecule has 5 nitrogen and oxygen atoms in total. The van der Waals surface area contributed by atoms with Crippen molar-refractivity contribution < 1.29 is 82.0 Å². The molecular formula is CNa2O5S. The first-order chi connectivity index (χ1) is 3.15. The summed E-state index contributed by atoms with van der Waals surface area (Å²) in [4.78, 5) is 16.2. The van der Waals surface area contributed by atoms with Crippen LogP contribution in [0.5, 0.6) is 0 Å². The van der Waals surface area contributed by atoms with Crippen molar-refractivity contribution in [3.05, 3.63) is 0 Å². The quantitative estimate of drug-likeness (QED) is 0.265. The average Bonchev–Trinajstić information content (AvgIpc) is 1.33. The Hall–Kier alpha value is 1.45. The summed E-state index contributed by atoms with van der Waals surface area (Å²) in [5.74, 6) is 0. The van der Waals surface area contributed by atoms with E-state index in [-0.39, 0.29) is 65.3 Å². The van der Waals surface area contributed by atoms with Crippen LogP contribution in [0, 0.1) is 0 Å². The predicted octanol–water partition coefficient (Wildman–Crippen LogP) is -7.58. The Morgan fingerprint density at radius 2 is 1.11 bits per heavy atom. The maximum absolute atomic E-state index is 8.44. The molecule has 0 atom stereocenters. The van der Waals surface area contributed by atoms with Crippen LogP contribution in [0.15, 0.2) is 0 Å². The molecule has 0 radical (unpaired) electrons. The van der Waals surface area contributed by atoms with E-state index in [0.717, 1.165) is 0 Å². The third-order valence-corrected chi connectivity index (χ3v) is 0. The van der Waals surface area contributed by atoms with Crippen LogP contribution in [-0.2, 0) is 21.0 Å². The standard InChI is InChI=1S/CO2.2Na.H2O3S/c2-1-3;;;1-4(2)3/h;;;(H2,1,2,3)/q;2*+1;/p-2. The zero-order valence-corrected chi connectivity index (χ0v) is 9.77. The molecule has 0 saturated carbocycles. The zero-order valence-electron chi connectivity index (χ0n) is 4.95. The second-order valence-electron chi connectivity index (χ2n) is 0.287. The van der Waals surface area contributed by atoms with Crippen LogP contribution in [0.4, 0.5) is 0 Å². The van der Waals surface area contributed by atoms with Crippen molar-refractivity contribution in [3.8, 4) is 0 Å². The van der Waals surface area contributed by atoms with Gasteiger partial charge in [-0.1, -0.05) is 0 Å². The van der Waals surface area contributed by atoms with Gasteiger partial charge in [0.2, 0.25) is 0 Å². The molecule has 8 heteroatoms. The Morgan fingerprint density at radius 3 is 1.11 bits per heavy atom. The molecule has 0 unspecified atom stereocenters. The molecule has 0 heterocycles. The van der Waals surface area contributed by atoms with Crippen LogP contribution < -0.4 is 59.1 Å². The van der Waals surface area contributed by atoms with Gasteiger partial charge >= 0.3 is 65.3 Å². The molecule has 0 aliphatic carbocycles. The second kappa shape index (κ2) is 22.7. The Labute approximate surface area is 98.3 Å². The summed E-state index contributed by atoms with van der Waals surface area (Å²) in [5.41, 5.74) is 0. The fourth-order valence-corrected chi connectivity index (χ4v) is 0. The van der Waals surface area contributed by atoms with Gasteiger partial charge in [0.25, 0.3) is 0 Å². The van der Waals surface area contributed by atoms with Gasteiger partial charge in [-0.2, -0.15) is 9.59 Å². The molecule has 0 spiro atoms. The summed E-state index contributed by atoms with van der Waals surface area (Å²) in [5, 5.41) is 0. The topological polar surface area (TPSA) is 97.3 Å². The third-order valence-electron chi connectivity index (χ3n) is 0. The number of carbonyl (C=O) groups excluding carboxylic acids is 2. The molecule has 0 aliphatic rings. The summed E-state index contributed by atoms with van der Waals surface area (Å²) in [6, 6.07) is 0. The summed E-state index contributed by atoms with van der Waals surface area (Å²) in [7, 11) is 0. The van der Waals surface area contributed by atoms with Gasteiger partial charge in [0.15, 0.2) is 0 Å². The van der Waals surface area contributed by atoms with E-state index < -0.39 is 11.4 Å². The minimum atomic E-state index is -3.11. The van der Waals surface area contributed by atoms with Gasteiger partial charge in [-0.05, 0) is 0 Å². The molecule has 0 aromatic carbocycles. The molecule has 0 rings (SSSR count). The molecule has 0 N–H and O–H groups in total. The Bertz CT molecular complexity index is 83.0. The SMILES string of the molecule is O=C=O.O=S([O-])[O-].[Na+].[Na+]. The number of rotatable bonds is 0. The van der Waals surface area contributed by atoms with Crippen LogP contribution in [0.25, 0.3) is 0 Å². The van der Waals surface area contributed by atoms with Crippen LogP contribution in [0.2, 0.25) is 0 Å². The van der Waals surface area contributed by atoms with E-state index in [9.17, 15) is 0 Å². The Kier molecular flexibility index (Phi) is 56.6. The second-order valence-corrected chi connectivity index (χ2v) is 0.696. The van der Waals surface area contributed by atoms with Crippen molar-refractivity contribution in [3.63, 3.8) is 0 Å². The fraction of sp³-hybridized carbons (Fsp3) is 0. The molecule has 0 fully saturated rings. The number of hydrogen-bond acceptors (Lipinski definition) is 5. The first-order valence-corrected chi connectivity index (χ1v) is 1.91. The summed E-state index contributed by atoms with van der Waals surface area (Å²) in [6.45, 7) is 0. The van der Waals surface area contributed by atoms with Crippen LogP contribution in [-0.4, -0.2) is 19.5 Å². The van der Waals surface area contributed by atoms with E-state index in [1.54, 1.807) is 0 Å². The van der Waals surface area contributed by atoms with Crippen molar-refractivity contribution in [2.45, 2.75) is 0 Å². The van der Waals surface area contributed by atoms with Crippen LogP contribution in [0.3, 0.4) is 0 Å². The third kappa shape index (κ3) is 249. The van der Waals surface area contributed by atoms with E-state index in [1.807, 2.05) is 0 Å². The minimum Gasteiger partial charge on any atom is -0.784 e. The van der Waals surface area contributed by atoms with Gasteiger partial charge in [0.1, 0.15) is 0 Å². The zero-order chi connectivity index (χ0) is 6.28. The van der Waals surface area contributed by atoms with Crippen LogP contribution in [0.1, 0.15) is 0 Å². The molecule has 0 amide bonds. The van der Waals surface area contributed by atoms with Gasteiger partial charge in [-0.25, -0.2) is 0 Å². The van der Waals surface area contributed by atoms with E-state index >= 15 is 0 Å². The van der Waals surface area contributed by atoms with E-state index in [2.05, 4.69) is 0 Å². The largest absolute Gasteiger partial charge is 1.00 e. The predicted molar refractivity (Wildman–Crippen MR) is 14.7 cm³/mol. The molecule has 0 aromatic rings. The van der Waals surface area contributed by atoms with Gasteiger partial charge in [0, 0.05) is 0 Å². The smallest absolute Gasteiger partial charge is 0.784 e. The summed E-state index contributed by atoms with van der Waals surface area (Å²) < 4.78 is 25.3. The van der Waals surface area contributed by atoms with E-state index in [4.69, 9.17) is 22.9 Å². The molecular weight excluding hydrogens is 170 g/mol. The van der Waals surface area contributed by atoms with Crippen LogP contribution >= 0.6 is 0 Å². The van der Waals surface area contributed by atoms with Gasteiger partial charge in [0.05, 0.1) is 0 Å². The minimum absolute atomic E-state index is 0. The number of hydrogen-bond donors (Lipinski definition) is 0. The van der Waals surface area contributed by atoms with Crippen molar-refractivity contribution in [1.82, 2.24) is 0 Å². The summed E-state index contributed by atoms with van der Waals surface area (Å²) >= 11 is -3.11. The normalized spacial score (nSPS) is 4.78. The molecule has 9 heavy (non-hydrogen) atoms. The summed E-state index contributed by atoms with van der Waals surface area (Å²) in [6.07, 6.45) is 0.250. The van der Waals surface area contributed by atoms with E-state index in [0.29, 0.717) is 0 Å². The molecule has 0 saturated heterocycles. The van der Waals surface area contributed by atoms with E-state index in [1.165, 1.54) is 0 Å². The van der Waals surface area contributed by atoms with Gasteiger partial charge < -0.3 is 9.11 Å². The molecule has 0 aliphatic heterocycles. The monoisotopic (exact) mass is 170 g/mol. The first-order valence-electron chi connectivity index (χ1n) is 0.908. The molecule has 42 valence electrons. The van der Waals surface area contributed by atoms with Crippen molar-refractivity contribution in [1.29, 1.82) is 0 Å². The van der Waals surface area contributed by atoms with Crippen molar-refractivity contribution in [2.75, 3.05) is 0 Å². The van der Waals surface area contributed by atoms with Gasteiger partial charge in [-0.3, -0.25) is 4.21 Å². The maximum atomic E-state index is 8.44. The van der Waals surface area contributed by atoms with Gasteiger partial charge in [-0.15, -0.1) is 11.4 Å². The molecule has 0 bridgehead atoms. The fourth-order valence-electron chi connectivity index (χ4n) is 0. The van der Waals surface area contributed by atoms with Crippen molar-refractivity contribution >= 4 is 17.5 Å². The van der Waals surface area contributed by atoms with Crippen molar-refractivity contribution in [2.24, 2.45) is 0 Å². The average molecular weight is 170 g/mol. The Morgan fingerprint density at radius 1 is 1.11 bits per heavy atom. The molecule has 0 aromatic heterocycles. The Balaban J connectivity index is -0.0000000233. The first kappa shape index (κ1) is 22.4. The maximum Gasteiger partial charge on any atom is 1.00 e.